The summed E-state index contributed by atoms with van der Waals surface area (Å²) in [5.41, 5.74) is 10.2. The van der Waals surface area contributed by atoms with Gasteiger partial charge < -0.3 is 0 Å². The summed E-state index contributed by atoms with van der Waals surface area (Å²) in [6.45, 7) is 9.46. The Bertz CT molecular complexity index is 3290. The van der Waals surface area contributed by atoms with E-state index < -0.39 is 0 Å². The maximum Gasteiger partial charge on any atom is 0.164 e. The van der Waals surface area contributed by atoms with Crippen LogP contribution in [0.25, 0.3) is 99.5 Å². The average Bonchev–Trinajstić information content (AvgIpc) is 3.28. The highest BCUT2D eigenvalue weighted by Crippen LogP contribution is 2.54. The first-order chi connectivity index (χ1) is 28.2. The van der Waals surface area contributed by atoms with Crippen molar-refractivity contribution in [3.05, 3.63) is 187 Å². The van der Waals surface area contributed by atoms with Gasteiger partial charge in [-0.25, -0.2) is 15.0 Å². The second kappa shape index (κ2) is 12.8. The molecule has 11 rings (SSSR count). The summed E-state index contributed by atoms with van der Waals surface area (Å²) in [4.78, 5) is 15.5. The molecule has 0 radical (unpaired) electrons. The summed E-state index contributed by atoms with van der Waals surface area (Å²) in [6.07, 6.45) is 0. The van der Waals surface area contributed by atoms with Crippen molar-refractivity contribution in [3.8, 4) is 56.4 Å². The SMILES string of the molecule is CC1(C)c2ccccc2-c2ccc(-c3nc(-c4ccccc4)nc(-c4cccc(-c5ccc6c(ccc7c6ccc6ccc8ccccc8c67)c5)c4)n3)cc2C1(C)C. The molecule has 276 valence electrons. The van der Waals surface area contributed by atoms with Gasteiger partial charge in [-0.3, -0.25) is 0 Å². The second-order valence-electron chi connectivity index (χ2n) is 16.9. The van der Waals surface area contributed by atoms with E-state index in [0.29, 0.717) is 17.5 Å². The predicted octanol–water partition coefficient (Wildman–Crippen LogP) is 14.4. The van der Waals surface area contributed by atoms with Gasteiger partial charge in [0.25, 0.3) is 0 Å². The lowest BCUT2D eigenvalue weighted by Crippen LogP contribution is -2.43. The summed E-state index contributed by atoms with van der Waals surface area (Å²) >= 11 is 0. The van der Waals surface area contributed by atoms with Crippen molar-refractivity contribution in [2.45, 2.75) is 38.5 Å². The van der Waals surface area contributed by atoms with Crippen molar-refractivity contribution in [2.75, 3.05) is 0 Å². The van der Waals surface area contributed by atoms with Gasteiger partial charge in [0.1, 0.15) is 0 Å². The molecule has 9 aromatic carbocycles. The van der Waals surface area contributed by atoms with Crippen LogP contribution >= 0.6 is 0 Å². The van der Waals surface area contributed by atoms with Crippen LogP contribution in [-0.2, 0) is 10.8 Å². The highest BCUT2D eigenvalue weighted by Gasteiger charge is 2.45. The van der Waals surface area contributed by atoms with Crippen molar-refractivity contribution in [1.29, 1.82) is 0 Å². The molecule has 0 N–H and O–H groups in total. The van der Waals surface area contributed by atoms with Gasteiger partial charge in [-0.05, 0) is 105 Å². The minimum absolute atomic E-state index is 0.0752. The van der Waals surface area contributed by atoms with Crippen molar-refractivity contribution >= 4 is 43.1 Å². The van der Waals surface area contributed by atoms with Crippen molar-refractivity contribution in [1.82, 2.24) is 15.0 Å². The highest BCUT2D eigenvalue weighted by atomic mass is 15.0. The largest absolute Gasteiger partial charge is 0.208 e. The Labute approximate surface area is 338 Å². The van der Waals surface area contributed by atoms with Gasteiger partial charge >= 0.3 is 0 Å². The van der Waals surface area contributed by atoms with Gasteiger partial charge in [-0.2, -0.15) is 0 Å². The Hall–Kier alpha value is -6.97. The van der Waals surface area contributed by atoms with Crippen LogP contribution in [0.3, 0.4) is 0 Å². The van der Waals surface area contributed by atoms with Gasteiger partial charge in [-0.1, -0.05) is 185 Å². The Kier molecular flexibility index (Phi) is 7.55. The summed E-state index contributed by atoms with van der Waals surface area (Å²) in [7, 11) is 0. The lowest BCUT2D eigenvalue weighted by molar-refractivity contribution is 0.299. The first-order valence-corrected chi connectivity index (χ1v) is 20.2. The number of nitrogens with zero attached hydrogens (tertiary/aromatic N) is 3. The zero-order chi connectivity index (χ0) is 39.2. The molecule has 0 amide bonds. The maximum absolute atomic E-state index is 5.22. The number of fused-ring (bicyclic) bond motifs is 10. The van der Waals surface area contributed by atoms with Gasteiger partial charge in [0.15, 0.2) is 17.5 Å². The van der Waals surface area contributed by atoms with Crippen LogP contribution in [0.5, 0.6) is 0 Å². The molecule has 1 aliphatic rings. The van der Waals surface area contributed by atoms with Crippen LogP contribution in [0.2, 0.25) is 0 Å². The lowest BCUT2D eigenvalue weighted by Gasteiger charge is -2.48. The van der Waals surface area contributed by atoms with E-state index in [1.807, 2.05) is 18.2 Å². The molecule has 3 nitrogen and oxygen atoms in total. The van der Waals surface area contributed by atoms with Crippen LogP contribution in [-0.4, -0.2) is 15.0 Å². The monoisotopic (exact) mass is 743 g/mol. The van der Waals surface area contributed by atoms with E-state index >= 15 is 0 Å². The standard InChI is InChI=1S/C55H41N3/c1-54(2)48-20-11-10-19-45(48)46-29-26-41(33-49(46)55(54,3)4)53-57-51(36-14-6-5-7-15-36)56-52(58-53)40-17-12-16-37(32-40)38-24-27-42-39(31-38)25-30-47-44(42)28-23-35-22-21-34-13-8-9-18-43(34)50(35)47/h5-33H,1-4H3. The van der Waals surface area contributed by atoms with E-state index in [4.69, 9.17) is 15.0 Å². The molecule has 0 atom stereocenters. The summed E-state index contributed by atoms with van der Waals surface area (Å²) in [5, 5.41) is 10.2. The number of aromatic nitrogens is 3. The first-order valence-electron chi connectivity index (χ1n) is 20.2. The van der Waals surface area contributed by atoms with Crippen LogP contribution in [0, 0.1) is 0 Å². The van der Waals surface area contributed by atoms with Crippen molar-refractivity contribution in [2.24, 2.45) is 0 Å². The predicted molar refractivity (Wildman–Crippen MR) is 243 cm³/mol. The first kappa shape index (κ1) is 34.3. The summed E-state index contributed by atoms with van der Waals surface area (Å²) in [6, 6.07) is 63.6. The molecule has 0 aliphatic heterocycles. The molecule has 0 unspecified atom stereocenters. The van der Waals surface area contributed by atoms with Gasteiger partial charge in [0.2, 0.25) is 0 Å². The minimum atomic E-state index is -0.131. The fourth-order valence-corrected chi connectivity index (χ4v) is 9.39. The molecule has 0 fully saturated rings. The van der Waals surface area contributed by atoms with Crippen LogP contribution in [0.15, 0.2) is 176 Å². The molecule has 1 heterocycles. The van der Waals surface area contributed by atoms with Crippen molar-refractivity contribution in [3.63, 3.8) is 0 Å². The summed E-state index contributed by atoms with van der Waals surface area (Å²) in [5.74, 6) is 1.98. The minimum Gasteiger partial charge on any atom is -0.208 e. The normalized spacial score (nSPS) is 14.1. The van der Waals surface area contributed by atoms with E-state index in [1.165, 1.54) is 65.3 Å². The smallest absolute Gasteiger partial charge is 0.164 e. The fourth-order valence-electron chi connectivity index (χ4n) is 9.39. The zero-order valence-corrected chi connectivity index (χ0v) is 33.1. The van der Waals surface area contributed by atoms with E-state index in [2.05, 4.69) is 185 Å². The van der Waals surface area contributed by atoms with E-state index in [1.54, 1.807) is 0 Å². The molecule has 3 heteroatoms. The maximum atomic E-state index is 5.22. The van der Waals surface area contributed by atoms with Gasteiger partial charge in [0, 0.05) is 16.7 Å². The van der Waals surface area contributed by atoms with Crippen molar-refractivity contribution < 1.29 is 0 Å². The van der Waals surface area contributed by atoms with Crippen LogP contribution in [0.4, 0.5) is 0 Å². The topological polar surface area (TPSA) is 38.7 Å². The molecule has 1 aliphatic carbocycles. The third-order valence-corrected chi connectivity index (χ3v) is 13.2. The fraction of sp³-hybridized carbons (Fsp3) is 0.109. The third-order valence-electron chi connectivity index (χ3n) is 13.2. The summed E-state index contributed by atoms with van der Waals surface area (Å²) < 4.78 is 0. The molecular formula is C55H41N3. The average molecular weight is 744 g/mol. The lowest BCUT2D eigenvalue weighted by atomic mass is 9.55. The molecule has 58 heavy (non-hydrogen) atoms. The third kappa shape index (κ3) is 5.23. The highest BCUT2D eigenvalue weighted by molar-refractivity contribution is 6.24. The van der Waals surface area contributed by atoms with E-state index in [-0.39, 0.29) is 10.8 Å². The second-order valence-corrected chi connectivity index (χ2v) is 16.9. The molecule has 1 aromatic heterocycles. The van der Waals surface area contributed by atoms with E-state index in [0.717, 1.165) is 27.8 Å². The number of hydrogen-bond acceptors (Lipinski definition) is 3. The van der Waals surface area contributed by atoms with E-state index in [9.17, 15) is 0 Å². The Balaban J connectivity index is 1.02. The quantitative estimate of drug-likeness (QED) is 0.169. The molecule has 0 spiro atoms. The van der Waals surface area contributed by atoms with Gasteiger partial charge in [0.05, 0.1) is 0 Å². The Morgan fingerprint density at radius 1 is 0.310 bits per heavy atom. The molecule has 0 bridgehead atoms. The number of hydrogen-bond donors (Lipinski definition) is 0. The molecular weight excluding hydrogens is 703 g/mol. The zero-order valence-electron chi connectivity index (χ0n) is 33.1. The molecule has 10 aromatic rings. The number of benzene rings is 9. The Morgan fingerprint density at radius 3 is 1.71 bits per heavy atom. The van der Waals surface area contributed by atoms with Crippen LogP contribution < -0.4 is 0 Å². The molecule has 0 saturated heterocycles. The van der Waals surface area contributed by atoms with Gasteiger partial charge in [-0.15, -0.1) is 0 Å². The van der Waals surface area contributed by atoms with Crippen LogP contribution in [0.1, 0.15) is 38.8 Å². The molecule has 0 saturated carbocycles. The Morgan fingerprint density at radius 2 is 0.862 bits per heavy atom. The number of rotatable bonds is 4.